The lowest BCUT2D eigenvalue weighted by molar-refractivity contribution is 0.0591. The van der Waals surface area contributed by atoms with E-state index in [0.717, 1.165) is 18.2 Å². The number of ether oxygens (including phenoxy) is 2. The fourth-order valence-electron chi connectivity index (χ4n) is 3.44. The van der Waals surface area contributed by atoms with Gasteiger partial charge in [0, 0.05) is 33.5 Å². The highest BCUT2D eigenvalue weighted by atomic mass is 79.9. The quantitative estimate of drug-likeness (QED) is 0.158. The Morgan fingerprint density at radius 1 is 0.787 bits per heavy atom. The number of halogens is 3. The number of benzene rings is 2. The summed E-state index contributed by atoms with van der Waals surface area (Å²) < 4.78 is 58.2. The Labute approximate surface area is 292 Å². The molecular formula is C30H31BrCl2N4O8S2. The molecule has 4 rings (SSSR count). The maximum atomic E-state index is 12.0. The van der Waals surface area contributed by atoms with E-state index in [0.29, 0.717) is 43.6 Å². The number of aromatic nitrogens is 2. The second-order valence-corrected chi connectivity index (χ2v) is 14.4. The molecule has 0 radical (unpaired) electrons. The maximum absolute atomic E-state index is 12.0. The van der Waals surface area contributed by atoms with Crippen molar-refractivity contribution in [3.8, 4) is 0 Å². The summed E-state index contributed by atoms with van der Waals surface area (Å²) in [5.41, 5.74) is 3.07. The highest BCUT2D eigenvalue weighted by Gasteiger charge is 2.19. The lowest BCUT2D eigenvalue weighted by Gasteiger charge is -2.22. The van der Waals surface area contributed by atoms with Crippen LogP contribution in [0.1, 0.15) is 32.1 Å². The fraction of sp³-hybridized carbons (Fsp3) is 0.200. The molecule has 0 fully saturated rings. The number of rotatable bonds is 9. The zero-order valence-electron chi connectivity index (χ0n) is 25.6. The number of alkyl halides is 1. The van der Waals surface area contributed by atoms with Gasteiger partial charge in [-0.2, -0.15) is 0 Å². The molecule has 0 aliphatic heterocycles. The standard InChI is InChI=1S/C15H15ClN2O4S.C8H8BrNO2.C7H8ClNO2S/c1-22-15(19)11-6-7-13(17-9-11)10-18(23(2,20)21)14-5-3-4-12(16)8-14;1-12-8(11)6-2-3-7(4-9)10-5-6;1-12(10,11)9-7-4-2-3-6(8)5-7/h3-9H,10H2,1-2H3;2-3,5H,4H2,1H3;2-5,9H,1H3. The third kappa shape index (κ3) is 14.3. The Hall–Kier alpha value is -3.76. The molecule has 0 spiro atoms. The topological polar surface area (TPSA) is 162 Å². The van der Waals surface area contributed by atoms with Gasteiger partial charge in [0.05, 0.1) is 61.5 Å². The van der Waals surface area contributed by atoms with E-state index in [1.807, 2.05) is 0 Å². The van der Waals surface area contributed by atoms with Crippen molar-refractivity contribution >= 4 is 82.5 Å². The summed E-state index contributed by atoms with van der Waals surface area (Å²) in [4.78, 5) is 30.4. The summed E-state index contributed by atoms with van der Waals surface area (Å²) in [6.07, 6.45) is 5.05. The molecule has 0 atom stereocenters. The van der Waals surface area contributed by atoms with E-state index in [2.05, 4.69) is 40.1 Å². The lowest BCUT2D eigenvalue weighted by atomic mass is 10.2. The molecule has 17 heteroatoms. The molecule has 252 valence electrons. The molecule has 0 saturated heterocycles. The van der Waals surface area contributed by atoms with Crippen LogP contribution in [-0.4, -0.2) is 65.5 Å². The molecule has 0 aliphatic carbocycles. The largest absolute Gasteiger partial charge is 0.465 e. The zero-order valence-corrected chi connectivity index (χ0v) is 30.3. The molecule has 0 aliphatic rings. The molecule has 1 N–H and O–H groups in total. The summed E-state index contributed by atoms with van der Waals surface area (Å²) in [5, 5.41) is 1.63. The van der Waals surface area contributed by atoms with E-state index in [-0.39, 0.29) is 12.5 Å². The van der Waals surface area contributed by atoms with Crippen LogP contribution in [0.25, 0.3) is 0 Å². The van der Waals surface area contributed by atoms with Crippen LogP contribution in [0.4, 0.5) is 11.4 Å². The molecule has 0 saturated carbocycles. The van der Waals surface area contributed by atoms with Gasteiger partial charge in [-0.1, -0.05) is 51.3 Å². The third-order valence-corrected chi connectivity index (χ3v) is 8.35. The highest BCUT2D eigenvalue weighted by Crippen LogP contribution is 2.23. The molecule has 2 heterocycles. The van der Waals surface area contributed by atoms with Crippen molar-refractivity contribution in [1.29, 1.82) is 0 Å². The van der Waals surface area contributed by atoms with Gasteiger partial charge in [-0.25, -0.2) is 26.4 Å². The van der Waals surface area contributed by atoms with Gasteiger partial charge in [0.15, 0.2) is 0 Å². The maximum Gasteiger partial charge on any atom is 0.339 e. The second kappa shape index (κ2) is 18.5. The number of pyridine rings is 2. The van der Waals surface area contributed by atoms with Crippen LogP contribution in [0.3, 0.4) is 0 Å². The SMILES string of the molecule is COC(=O)c1ccc(CBr)nc1.COC(=O)c1ccc(CN(c2cccc(Cl)c2)S(C)(=O)=O)nc1.CS(=O)(=O)Nc1cccc(Cl)c1. The van der Waals surface area contributed by atoms with Gasteiger partial charge >= 0.3 is 11.9 Å². The first-order chi connectivity index (χ1) is 22.1. The molecule has 4 aromatic rings. The minimum Gasteiger partial charge on any atom is -0.465 e. The Morgan fingerprint density at radius 3 is 1.70 bits per heavy atom. The number of hydrogen-bond acceptors (Lipinski definition) is 10. The van der Waals surface area contributed by atoms with E-state index < -0.39 is 26.0 Å². The summed E-state index contributed by atoms with van der Waals surface area (Å²) in [7, 11) is -4.10. The molecule has 0 unspecified atom stereocenters. The number of nitrogens with one attached hydrogen (secondary N) is 1. The van der Waals surface area contributed by atoms with Gasteiger partial charge in [0.25, 0.3) is 0 Å². The number of anilines is 2. The van der Waals surface area contributed by atoms with Crippen molar-refractivity contribution in [2.75, 3.05) is 35.8 Å². The minimum absolute atomic E-state index is 0.0284. The molecule has 0 bridgehead atoms. The number of hydrogen-bond donors (Lipinski definition) is 1. The van der Waals surface area contributed by atoms with E-state index in [1.165, 1.54) is 37.0 Å². The number of nitrogens with zero attached hydrogens (tertiary/aromatic N) is 3. The smallest absolute Gasteiger partial charge is 0.339 e. The zero-order chi connectivity index (χ0) is 35.2. The predicted octanol–water partition coefficient (Wildman–Crippen LogP) is 5.96. The van der Waals surface area contributed by atoms with Crippen LogP contribution < -0.4 is 9.03 Å². The van der Waals surface area contributed by atoms with Crippen molar-refractivity contribution in [2.24, 2.45) is 0 Å². The Bertz CT molecular complexity index is 1860. The highest BCUT2D eigenvalue weighted by molar-refractivity contribution is 9.08. The Kier molecular flexibility index (Phi) is 15.6. The van der Waals surface area contributed by atoms with Gasteiger partial charge < -0.3 is 9.47 Å². The molecule has 12 nitrogen and oxygen atoms in total. The molecule has 0 amide bonds. The predicted molar refractivity (Wildman–Crippen MR) is 186 cm³/mol. The molecular weight excluding hydrogens is 759 g/mol. The van der Waals surface area contributed by atoms with E-state index in [1.54, 1.807) is 66.7 Å². The molecule has 2 aromatic carbocycles. The monoisotopic (exact) mass is 788 g/mol. The Morgan fingerprint density at radius 2 is 1.30 bits per heavy atom. The van der Waals surface area contributed by atoms with Crippen molar-refractivity contribution in [1.82, 2.24) is 9.97 Å². The third-order valence-electron chi connectivity index (χ3n) is 5.56. The summed E-state index contributed by atoms with van der Waals surface area (Å²) in [6, 6.07) is 19.7. The fourth-order valence-corrected chi connectivity index (χ4v) is 5.57. The van der Waals surface area contributed by atoms with Crippen LogP contribution in [0.2, 0.25) is 10.0 Å². The van der Waals surface area contributed by atoms with E-state index in [9.17, 15) is 26.4 Å². The van der Waals surface area contributed by atoms with Crippen molar-refractivity contribution in [3.05, 3.63) is 118 Å². The van der Waals surface area contributed by atoms with Crippen LogP contribution in [-0.2, 0) is 41.4 Å². The van der Waals surface area contributed by atoms with Gasteiger partial charge in [-0.15, -0.1) is 0 Å². The van der Waals surface area contributed by atoms with Crippen LogP contribution in [0, 0.1) is 0 Å². The van der Waals surface area contributed by atoms with Gasteiger partial charge in [-0.05, 0) is 60.7 Å². The lowest BCUT2D eigenvalue weighted by Crippen LogP contribution is -2.29. The first-order valence-corrected chi connectivity index (χ1v) is 18.8. The van der Waals surface area contributed by atoms with Gasteiger partial charge in [0.2, 0.25) is 20.0 Å². The summed E-state index contributed by atoms with van der Waals surface area (Å²) >= 11 is 14.8. The van der Waals surface area contributed by atoms with Gasteiger partial charge in [-0.3, -0.25) is 19.0 Å². The average Bonchev–Trinajstić information content (AvgIpc) is 3.02. The molecule has 47 heavy (non-hydrogen) atoms. The number of esters is 2. The number of carbonyl (C=O) groups is 2. The normalized spacial score (nSPS) is 10.7. The van der Waals surface area contributed by atoms with Crippen molar-refractivity contribution in [2.45, 2.75) is 11.9 Å². The van der Waals surface area contributed by atoms with Gasteiger partial charge in [0.1, 0.15) is 0 Å². The van der Waals surface area contributed by atoms with Crippen molar-refractivity contribution < 1.29 is 35.9 Å². The van der Waals surface area contributed by atoms with Crippen LogP contribution in [0.15, 0.2) is 85.2 Å². The summed E-state index contributed by atoms with van der Waals surface area (Å²) in [5.74, 6) is -0.859. The van der Waals surface area contributed by atoms with E-state index in [4.69, 9.17) is 23.2 Å². The average molecular weight is 791 g/mol. The first kappa shape index (κ1) is 39.4. The summed E-state index contributed by atoms with van der Waals surface area (Å²) in [6.45, 7) is 0.0284. The van der Waals surface area contributed by atoms with E-state index >= 15 is 0 Å². The Balaban J connectivity index is 0.000000270. The number of carbonyl (C=O) groups excluding carboxylic acids is 2. The van der Waals surface area contributed by atoms with Crippen LogP contribution >= 0.6 is 39.1 Å². The number of sulfonamides is 2. The minimum atomic E-state index is -3.52. The number of methoxy groups -OCH3 is 2. The second-order valence-electron chi connectivity index (χ2n) is 9.33. The van der Waals surface area contributed by atoms with Crippen molar-refractivity contribution in [3.63, 3.8) is 0 Å². The van der Waals surface area contributed by atoms with Crippen LogP contribution in [0.5, 0.6) is 0 Å². The molecule has 2 aromatic heterocycles. The first-order valence-electron chi connectivity index (χ1n) is 13.2.